The van der Waals surface area contributed by atoms with Gasteiger partial charge in [-0.25, -0.2) is 0 Å². The molecule has 0 aromatic heterocycles. The molecule has 1 heterocycles. The first-order valence-electron chi connectivity index (χ1n) is 6.57. The van der Waals surface area contributed by atoms with Crippen LogP contribution >= 0.6 is 0 Å². The van der Waals surface area contributed by atoms with Gasteiger partial charge in [-0.1, -0.05) is 6.08 Å². The molecule has 5 heteroatoms. The molecule has 1 aliphatic carbocycles. The Morgan fingerprint density at radius 3 is 2.89 bits per heavy atom. The van der Waals surface area contributed by atoms with E-state index in [1.165, 1.54) is 12.2 Å². The van der Waals surface area contributed by atoms with Crippen molar-refractivity contribution in [1.29, 1.82) is 0 Å². The molecule has 106 valence electrons. The molecule has 0 radical (unpaired) electrons. The Labute approximate surface area is 112 Å². The van der Waals surface area contributed by atoms with E-state index in [1.54, 1.807) is 6.92 Å². The first-order valence-corrected chi connectivity index (χ1v) is 6.57. The van der Waals surface area contributed by atoms with E-state index in [4.69, 9.17) is 9.47 Å². The van der Waals surface area contributed by atoms with Crippen LogP contribution in [0.2, 0.25) is 0 Å². The molecule has 1 N–H and O–H groups in total. The number of hydrogen-bond donors (Lipinski definition) is 1. The number of aliphatic hydroxyl groups excluding tert-OH is 1. The first kappa shape index (κ1) is 14.2. The van der Waals surface area contributed by atoms with Crippen LogP contribution in [0.15, 0.2) is 12.2 Å². The minimum Gasteiger partial charge on any atom is -0.465 e. The number of carbonyl (C=O) groups is 2. The topological polar surface area (TPSA) is 72.8 Å². The van der Waals surface area contributed by atoms with Gasteiger partial charge in [0.15, 0.2) is 5.78 Å². The summed E-state index contributed by atoms with van der Waals surface area (Å²) in [4.78, 5) is 23.8. The zero-order valence-corrected chi connectivity index (χ0v) is 11.5. The normalized spacial score (nSPS) is 36.7. The Morgan fingerprint density at radius 1 is 1.58 bits per heavy atom. The minimum absolute atomic E-state index is 0.0931. The molecule has 1 fully saturated rings. The third-order valence-electron chi connectivity index (χ3n) is 3.79. The van der Waals surface area contributed by atoms with Crippen LogP contribution in [0.5, 0.6) is 0 Å². The quantitative estimate of drug-likeness (QED) is 0.756. The fraction of sp³-hybridized carbons (Fsp3) is 0.714. The fourth-order valence-electron chi connectivity index (χ4n) is 2.88. The molecule has 0 aromatic rings. The van der Waals surface area contributed by atoms with Crippen molar-refractivity contribution in [3.8, 4) is 0 Å². The molecular formula is C14H20O5. The van der Waals surface area contributed by atoms with Gasteiger partial charge in [-0.15, -0.1) is 0 Å². The number of hydrogen-bond acceptors (Lipinski definition) is 5. The van der Waals surface area contributed by atoms with Crippen LogP contribution < -0.4 is 0 Å². The molecule has 2 aliphatic rings. The Bertz CT molecular complexity index is 426. The van der Waals surface area contributed by atoms with E-state index >= 15 is 0 Å². The summed E-state index contributed by atoms with van der Waals surface area (Å²) >= 11 is 0. The second kappa shape index (κ2) is 4.72. The summed E-state index contributed by atoms with van der Waals surface area (Å²) in [6, 6.07) is 0. The predicted octanol–water partition coefficient (Wildman–Crippen LogP) is 0.993. The second-order valence-electron chi connectivity index (χ2n) is 5.74. The largest absolute Gasteiger partial charge is 0.465 e. The van der Waals surface area contributed by atoms with Crippen molar-refractivity contribution >= 4 is 11.8 Å². The predicted molar refractivity (Wildman–Crippen MR) is 67.4 cm³/mol. The van der Waals surface area contributed by atoms with Crippen molar-refractivity contribution in [2.24, 2.45) is 5.41 Å². The summed E-state index contributed by atoms with van der Waals surface area (Å²) in [5.74, 6) is -0.624. The van der Waals surface area contributed by atoms with E-state index in [-0.39, 0.29) is 18.8 Å². The molecular weight excluding hydrogens is 248 g/mol. The van der Waals surface area contributed by atoms with Crippen LogP contribution in [0.4, 0.5) is 0 Å². The van der Waals surface area contributed by atoms with E-state index < -0.39 is 29.2 Å². The van der Waals surface area contributed by atoms with Crippen molar-refractivity contribution in [3.05, 3.63) is 12.2 Å². The van der Waals surface area contributed by atoms with Crippen LogP contribution in [0.25, 0.3) is 0 Å². The fourth-order valence-corrected chi connectivity index (χ4v) is 2.88. The van der Waals surface area contributed by atoms with Gasteiger partial charge in [0.1, 0.15) is 5.41 Å². The summed E-state index contributed by atoms with van der Waals surface area (Å²) < 4.78 is 10.9. The van der Waals surface area contributed by atoms with Crippen LogP contribution in [-0.4, -0.2) is 41.3 Å². The van der Waals surface area contributed by atoms with Gasteiger partial charge in [-0.3, -0.25) is 9.59 Å². The number of allylic oxidation sites excluding steroid dienone is 1. The molecule has 0 unspecified atom stereocenters. The van der Waals surface area contributed by atoms with Gasteiger partial charge in [0.25, 0.3) is 0 Å². The molecule has 19 heavy (non-hydrogen) atoms. The van der Waals surface area contributed by atoms with Gasteiger partial charge in [-0.2, -0.15) is 0 Å². The average Bonchev–Trinajstić information content (AvgIpc) is 2.27. The highest BCUT2D eigenvalue weighted by atomic mass is 16.5. The lowest BCUT2D eigenvalue weighted by Crippen LogP contribution is -2.61. The lowest BCUT2D eigenvalue weighted by atomic mass is 9.67. The monoisotopic (exact) mass is 268 g/mol. The molecule has 0 bridgehead atoms. The van der Waals surface area contributed by atoms with Gasteiger partial charge in [0.2, 0.25) is 0 Å². The summed E-state index contributed by atoms with van der Waals surface area (Å²) in [6.07, 6.45) is 1.64. The Kier molecular flexibility index (Phi) is 3.53. The van der Waals surface area contributed by atoms with Crippen molar-refractivity contribution in [2.75, 3.05) is 6.61 Å². The van der Waals surface area contributed by atoms with Crippen molar-refractivity contribution in [2.45, 2.75) is 51.4 Å². The highest BCUT2D eigenvalue weighted by molar-refractivity contribution is 5.95. The van der Waals surface area contributed by atoms with Crippen molar-refractivity contribution in [1.82, 2.24) is 0 Å². The van der Waals surface area contributed by atoms with Crippen LogP contribution in [0.1, 0.15) is 33.6 Å². The highest BCUT2D eigenvalue weighted by Crippen LogP contribution is 2.46. The zero-order chi connectivity index (χ0) is 14.3. The molecule has 3 atom stereocenters. The summed E-state index contributed by atoms with van der Waals surface area (Å²) in [6.45, 7) is 5.62. The molecule has 0 saturated carbocycles. The second-order valence-corrected chi connectivity index (χ2v) is 5.74. The highest BCUT2D eigenvalue weighted by Gasteiger charge is 2.59. The van der Waals surface area contributed by atoms with E-state index in [0.29, 0.717) is 6.42 Å². The number of rotatable bonds is 2. The maximum Gasteiger partial charge on any atom is 0.321 e. The molecule has 5 nitrogen and oxygen atoms in total. The van der Waals surface area contributed by atoms with Crippen LogP contribution in [0, 0.1) is 5.41 Å². The van der Waals surface area contributed by atoms with Gasteiger partial charge < -0.3 is 14.6 Å². The molecule has 0 amide bonds. The van der Waals surface area contributed by atoms with E-state index in [0.717, 1.165) is 0 Å². The molecule has 1 aliphatic heterocycles. The number of fused-ring (bicyclic) bond motifs is 1. The average molecular weight is 268 g/mol. The number of esters is 1. The van der Waals surface area contributed by atoms with Crippen LogP contribution in [0.3, 0.4) is 0 Å². The molecule has 0 spiro atoms. The standard InChI is InChI=1S/C14H20O5/c1-4-18-12(17)14-6-5-9(15)7-11(14)19-13(2,3)8-10(14)16/h5-6,10-11,16H,4,7-8H2,1-3H3/t10-,11-,14+/m1/s1. The third kappa shape index (κ3) is 2.32. The summed E-state index contributed by atoms with van der Waals surface area (Å²) in [5, 5.41) is 10.4. The third-order valence-corrected chi connectivity index (χ3v) is 3.79. The number of carbonyl (C=O) groups excluding carboxylic acids is 2. The number of ketones is 1. The van der Waals surface area contributed by atoms with Gasteiger partial charge in [0.05, 0.1) is 24.4 Å². The summed E-state index contributed by atoms with van der Waals surface area (Å²) in [7, 11) is 0. The van der Waals surface area contributed by atoms with Gasteiger partial charge in [-0.05, 0) is 26.8 Å². The first-order chi connectivity index (χ1) is 8.82. The lowest BCUT2D eigenvalue weighted by Gasteiger charge is -2.50. The molecule has 0 aromatic carbocycles. The van der Waals surface area contributed by atoms with Crippen molar-refractivity contribution in [3.63, 3.8) is 0 Å². The van der Waals surface area contributed by atoms with Crippen molar-refractivity contribution < 1.29 is 24.2 Å². The maximum absolute atomic E-state index is 12.3. The summed E-state index contributed by atoms with van der Waals surface area (Å²) in [5.41, 5.74) is -1.81. The van der Waals surface area contributed by atoms with E-state index in [9.17, 15) is 14.7 Å². The molecule has 1 saturated heterocycles. The van der Waals surface area contributed by atoms with E-state index in [1.807, 2.05) is 13.8 Å². The molecule has 2 rings (SSSR count). The van der Waals surface area contributed by atoms with E-state index in [2.05, 4.69) is 0 Å². The maximum atomic E-state index is 12.3. The Morgan fingerprint density at radius 2 is 2.26 bits per heavy atom. The zero-order valence-electron chi connectivity index (χ0n) is 11.5. The Balaban J connectivity index is 2.42. The Hall–Kier alpha value is -1.20. The van der Waals surface area contributed by atoms with Crippen LogP contribution in [-0.2, 0) is 19.1 Å². The lowest BCUT2D eigenvalue weighted by molar-refractivity contribution is -0.219. The smallest absolute Gasteiger partial charge is 0.321 e. The number of aliphatic hydroxyl groups is 1. The minimum atomic E-state index is -1.25. The number of ether oxygens (including phenoxy) is 2. The van der Waals surface area contributed by atoms with Gasteiger partial charge in [0, 0.05) is 12.8 Å². The SMILES string of the molecule is CCOC(=O)[C@]12C=CC(=O)C[C@H]1OC(C)(C)C[C@H]2O. The van der Waals surface area contributed by atoms with Gasteiger partial charge >= 0.3 is 5.97 Å².